The summed E-state index contributed by atoms with van der Waals surface area (Å²) in [5.41, 5.74) is 2.85. The molecule has 1 aliphatic rings. The average molecular weight is 397 g/mol. The fourth-order valence-corrected chi connectivity index (χ4v) is 4.65. The summed E-state index contributed by atoms with van der Waals surface area (Å²) < 4.78 is 0. The third kappa shape index (κ3) is 4.72. The highest BCUT2D eigenvalue weighted by Gasteiger charge is 2.16. The molecule has 154 valence electrons. The van der Waals surface area contributed by atoms with Crippen LogP contribution in [0, 0.1) is 0 Å². The van der Waals surface area contributed by atoms with Crippen LogP contribution >= 0.6 is 0 Å². The Morgan fingerprint density at radius 1 is 0.800 bits per heavy atom. The van der Waals surface area contributed by atoms with E-state index in [1.165, 1.54) is 38.8 Å². The minimum Gasteiger partial charge on any atom is -0.298 e. The van der Waals surface area contributed by atoms with Gasteiger partial charge >= 0.3 is 0 Å². The van der Waals surface area contributed by atoms with Crippen molar-refractivity contribution in [2.45, 2.75) is 26.4 Å². The lowest BCUT2D eigenvalue weighted by molar-refractivity contribution is 0.247. The predicted octanol–water partition coefficient (Wildman–Crippen LogP) is 4.31. The van der Waals surface area contributed by atoms with Crippen LogP contribution in [0.5, 0.6) is 0 Å². The van der Waals surface area contributed by atoms with Gasteiger partial charge in [0.2, 0.25) is 0 Å². The first-order valence-electron chi connectivity index (χ1n) is 11.1. The molecule has 0 N–H and O–H groups in total. The molecular formula is C28H32N2. The molecule has 30 heavy (non-hydrogen) atoms. The van der Waals surface area contributed by atoms with E-state index in [1.807, 2.05) is 6.08 Å². The number of rotatable bonds is 5. The van der Waals surface area contributed by atoms with Crippen molar-refractivity contribution >= 4 is 22.9 Å². The molecule has 1 aliphatic heterocycles. The quantitative estimate of drug-likeness (QED) is 0.634. The zero-order valence-corrected chi connectivity index (χ0v) is 18.1. The van der Waals surface area contributed by atoms with E-state index in [0.717, 1.165) is 39.3 Å². The van der Waals surface area contributed by atoms with Gasteiger partial charge in [0.15, 0.2) is 0 Å². The molecule has 1 fully saturated rings. The van der Waals surface area contributed by atoms with Gasteiger partial charge in [-0.05, 0) is 58.8 Å². The number of benzene rings is 3. The molecule has 0 radical (unpaired) electrons. The van der Waals surface area contributed by atoms with Crippen LogP contribution in [0.15, 0.2) is 73.3 Å². The summed E-state index contributed by atoms with van der Waals surface area (Å²) in [6.45, 7) is 12.6. The maximum Gasteiger partial charge on any atom is 0.0240 e. The molecule has 3 aromatic carbocycles. The van der Waals surface area contributed by atoms with Crippen LogP contribution in [0.4, 0.5) is 0 Å². The summed E-state index contributed by atoms with van der Waals surface area (Å²) in [5, 5.41) is 5.33. The summed E-state index contributed by atoms with van der Waals surface area (Å²) in [6, 6.07) is 22.0. The third-order valence-corrected chi connectivity index (χ3v) is 6.17. The van der Waals surface area contributed by atoms with Gasteiger partial charge in [-0.25, -0.2) is 0 Å². The Labute approximate surface area is 180 Å². The highest BCUT2D eigenvalue weighted by atomic mass is 15.2. The van der Waals surface area contributed by atoms with E-state index in [9.17, 15) is 0 Å². The van der Waals surface area contributed by atoms with Gasteiger partial charge in [-0.2, -0.15) is 0 Å². The first-order valence-corrected chi connectivity index (χ1v) is 11.1. The molecule has 2 nitrogen and oxygen atoms in total. The molecule has 0 aliphatic carbocycles. The van der Waals surface area contributed by atoms with Crippen LogP contribution in [0.1, 0.15) is 24.5 Å². The van der Waals surface area contributed by atoms with Crippen molar-refractivity contribution in [3.05, 3.63) is 94.9 Å². The smallest absolute Gasteiger partial charge is 0.0240 e. The highest BCUT2D eigenvalue weighted by Crippen LogP contribution is 2.20. The molecule has 2 heteroatoms. The van der Waals surface area contributed by atoms with E-state index in [0.29, 0.717) is 0 Å². The number of hydrogen-bond acceptors (Lipinski definition) is 2. The van der Waals surface area contributed by atoms with E-state index in [4.69, 9.17) is 0 Å². The Kier molecular flexibility index (Phi) is 6.78. The SMILES string of the molecule is C=CC=c1cccc(CN2CCCN(Cc3cccc4ccccc34)CC2)c1=CC. The first kappa shape index (κ1) is 20.6. The average Bonchev–Trinajstić information content (AvgIpc) is 2.99. The summed E-state index contributed by atoms with van der Waals surface area (Å²) >= 11 is 0. The zero-order valence-electron chi connectivity index (χ0n) is 18.1. The molecule has 0 amide bonds. The second-order valence-electron chi connectivity index (χ2n) is 8.16. The second kappa shape index (κ2) is 9.88. The standard InChI is InChI=1S/C28H32N2/c1-3-10-23-12-7-14-25(27(23)4-2)21-29-17-9-18-30(20-19-29)22-26-15-8-13-24-11-5-6-16-28(24)26/h3-8,10-16H,1,9,17-22H2,2H3. The Bertz CT molecular complexity index is 1120. The van der Waals surface area contributed by atoms with Gasteiger partial charge in [0.25, 0.3) is 0 Å². The summed E-state index contributed by atoms with van der Waals surface area (Å²) in [5.74, 6) is 0. The van der Waals surface area contributed by atoms with Gasteiger partial charge in [-0.1, -0.05) is 85.5 Å². The van der Waals surface area contributed by atoms with E-state index in [2.05, 4.69) is 96.1 Å². The second-order valence-corrected chi connectivity index (χ2v) is 8.16. The van der Waals surface area contributed by atoms with Gasteiger partial charge in [0.05, 0.1) is 0 Å². The molecule has 0 saturated carbocycles. The van der Waals surface area contributed by atoms with Gasteiger partial charge in [-0.3, -0.25) is 9.80 Å². The van der Waals surface area contributed by atoms with E-state index >= 15 is 0 Å². The Morgan fingerprint density at radius 3 is 2.23 bits per heavy atom. The topological polar surface area (TPSA) is 6.48 Å². The molecule has 1 heterocycles. The van der Waals surface area contributed by atoms with Gasteiger partial charge in [0, 0.05) is 26.2 Å². The summed E-state index contributed by atoms with van der Waals surface area (Å²) in [4.78, 5) is 5.24. The molecule has 1 saturated heterocycles. The molecule has 4 rings (SSSR count). The van der Waals surface area contributed by atoms with E-state index in [1.54, 1.807) is 0 Å². The maximum atomic E-state index is 3.87. The van der Waals surface area contributed by atoms with Crippen LogP contribution in [-0.2, 0) is 13.1 Å². The van der Waals surface area contributed by atoms with Crippen LogP contribution in [0.2, 0.25) is 0 Å². The van der Waals surface area contributed by atoms with Crippen molar-refractivity contribution in [2.75, 3.05) is 26.2 Å². The lowest BCUT2D eigenvalue weighted by atomic mass is 10.0. The molecule has 0 spiro atoms. The first-order chi connectivity index (χ1) is 14.8. The largest absolute Gasteiger partial charge is 0.298 e. The van der Waals surface area contributed by atoms with E-state index in [-0.39, 0.29) is 0 Å². The van der Waals surface area contributed by atoms with E-state index < -0.39 is 0 Å². The van der Waals surface area contributed by atoms with Crippen LogP contribution in [0.3, 0.4) is 0 Å². The minimum absolute atomic E-state index is 1.01. The number of fused-ring (bicyclic) bond motifs is 1. The summed E-state index contributed by atoms with van der Waals surface area (Å²) in [6.07, 6.45) is 7.43. The predicted molar refractivity (Wildman–Crippen MR) is 130 cm³/mol. The number of allylic oxidation sites excluding steroid dienone is 1. The summed E-state index contributed by atoms with van der Waals surface area (Å²) in [7, 11) is 0. The van der Waals surface area contributed by atoms with Crippen molar-refractivity contribution in [2.24, 2.45) is 0 Å². The fourth-order valence-electron chi connectivity index (χ4n) is 4.65. The van der Waals surface area contributed by atoms with Crippen molar-refractivity contribution in [3.8, 4) is 0 Å². The fraction of sp³-hybridized carbons (Fsp3) is 0.286. The number of hydrogen-bond donors (Lipinski definition) is 0. The minimum atomic E-state index is 1.01. The maximum absolute atomic E-state index is 3.87. The van der Waals surface area contributed by atoms with Gasteiger partial charge in [-0.15, -0.1) is 0 Å². The molecular weight excluding hydrogens is 364 g/mol. The Hall–Kier alpha value is -2.68. The number of nitrogens with zero attached hydrogens (tertiary/aromatic N) is 2. The van der Waals surface area contributed by atoms with Crippen LogP contribution in [0.25, 0.3) is 22.9 Å². The third-order valence-electron chi connectivity index (χ3n) is 6.17. The van der Waals surface area contributed by atoms with Crippen LogP contribution in [-0.4, -0.2) is 36.0 Å². The Balaban J connectivity index is 1.46. The lowest BCUT2D eigenvalue weighted by Crippen LogP contribution is -2.34. The van der Waals surface area contributed by atoms with Crippen molar-refractivity contribution < 1.29 is 0 Å². The molecule has 3 aromatic rings. The lowest BCUT2D eigenvalue weighted by Gasteiger charge is -2.22. The normalized spacial score (nSPS) is 17.4. The Morgan fingerprint density at radius 2 is 1.47 bits per heavy atom. The molecule has 0 unspecified atom stereocenters. The molecule has 0 aromatic heterocycles. The van der Waals surface area contributed by atoms with Crippen LogP contribution < -0.4 is 10.4 Å². The van der Waals surface area contributed by atoms with Gasteiger partial charge in [0.1, 0.15) is 0 Å². The zero-order chi connectivity index (χ0) is 20.8. The molecule has 0 bridgehead atoms. The van der Waals surface area contributed by atoms with Crippen molar-refractivity contribution in [1.29, 1.82) is 0 Å². The monoisotopic (exact) mass is 396 g/mol. The van der Waals surface area contributed by atoms with Gasteiger partial charge < -0.3 is 0 Å². The molecule has 0 atom stereocenters. The highest BCUT2D eigenvalue weighted by molar-refractivity contribution is 5.85. The van der Waals surface area contributed by atoms with Crippen molar-refractivity contribution in [3.63, 3.8) is 0 Å². The van der Waals surface area contributed by atoms with Crippen molar-refractivity contribution in [1.82, 2.24) is 9.80 Å².